The standard InChI is InChI=1S/C29H29F2N5O2/c30-25-8-7-23(16-26(25)31)35(28(37)29(38)11-12-29)19-21-5-3-20(4-6-21)18-34-14-9-22(10-15-34)24-17-33-36-27(24)2-1-13-32-36/h1-8,13,16-17,22,38H,9-12,14-15,18-19H2. The zero-order valence-electron chi connectivity index (χ0n) is 20.9. The topological polar surface area (TPSA) is 74.0 Å². The van der Waals surface area contributed by atoms with Crippen molar-refractivity contribution in [2.45, 2.75) is 50.3 Å². The largest absolute Gasteiger partial charge is 0.380 e. The maximum Gasteiger partial charge on any atom is 0.259 e. The van der Waals surface area contributed by atoms with Gasteiger partial charge in [-0.25, -0.2) is 8.78 Å². The van der Waals surface area contributed by atoms with Crippen LogP contribution in [0.5, 0.6) is 0 Å². The number of carbonyl (C=O) groups is 1. The van der Waals surface area contributed by atoms with Gasteiger partial charge < -0.3 is 10.0 Å². The first-order valence-corrected chi connectivity index (χ1v) is 13.0. The molecule has 0 bridgehead atoms. The van der Waals surface area contributed by atoms with Gasteiger partial charge in [-0.05, 0) is 80.1 Å². The van der Waals surface area contributed by atoms with Crippen molar-refractivity contribution in [3.63, 3.8) is 0 Å². The van der Waals surface area contributed by atoms with Crippen LogP contribution in [0.15, 0.2) is 67.0 Å². The van der Waals surface area contributed by atoms with Gasteiger partial charge in [0.05, 0.1) is 18.3 Å². The molecule has 2 aliphatic rings. The first-order valence-electron chi connectivity index (χ1n) is 13.0. The monoisotopic (exact) mass is 517 g/mol. The number of aromatic nitrogens is 3. The third-order valence-electron chi connectivity index (χ3n) is 7.71. The molecular weight excluding hydrogens is 488 g/mol. The molecule has 196 valence electrons. The molecular formula is C29H29F2N5O2. The molecule has 0 unspecified atom stereocenters. The normalized spacial score (nSPS) is 17.6. The van der Waals surface area contributed by atoms with E-state index in [9.17, 15) is 18.7 Å². The van der Waals surface area contributed by atoms with E-state index in [0.717, 1.165) is 55.7 Å². The summed E-state index contributed by atoms with van der Waals surface area (Å²) < 4.78 is 29.1. The zero-order chi connectivity index (χ0) is 26.3. The number of nitrogens with zero attached hydrogens (tertiary/aromatic N) is 5. The fraction of sp³-hybridized carbons (Fsp3) is 0.345. The molecule has 3 heterocycles. The van der Waals surface area contributed by atoms with E-state index in [1.54, 1.807) is 10.8 Å². The van der Waals surface area contributed by atoms with E-state index in [0.29, 0.717) is 18.8 Å². The van der Waals surface area contributed by atoms with Crippen molar-refractivity contribution in [3.8, 4) is 0 Å². The molecule has 1 aliphatic heterocycles. The Morgan fingerprint density at radius 1 is 1.00 bits per heavy atom. The molecule has 38 heavy (non-hydrogen) atoms. The molecule has 9 heteroatoms. The molecule has 6 rings (SSSR count). The summed E-state index contributed by atoms with van der Waals surface area (Å²) in [7, 11) is 0. The molecule has 2 aromatic heterocycles. The number of benzene rings is 2. The fourth-order valence-corrected chi connectivity index (χ4v) is 5.28. The smallest absolute Gasteiger partial charge is 0.259 e. The van der Waals surface area contributed by atoms with E-state index in [2.05, 4.69) is 21.2 Å². The van der Waals surface area contributed by atoms with Crippen LogP contribution in [-0.2, 0) is 17.9 Å². The lowest BCUT2D eigenvalue weighted by molar-refractivity contribution is -0.128. The summed E-state index contributed by atoms with van der Waals surface area (Å²) >= 11 is 0. The number of amides is 1. The van der Waals surface area contributed by atoms with Crippen LogP contribution in [-0.4, -0.2) is 49.4 Å². The van der Waals surface area contributed by atoms with Crippen LogP contribution in [0.25, 0.3) is 5.52 Å². The van der Waals surface area contributed by atoms with Crippen LogP contribution in [0.4, 0.5) is 14.5 Å². The zero-order valence-corrected chi connectivity index (χ0v) is 20.9. The number of rotatable bonds is 7. The number of anilines is 1. The Morgan fingerprint density at radius 2 is 1.74 bits per heavy atom. The highest BCUT2D eigenvalue weighted by molar-refractivity contribution is 6.01. The number of hydrogen-bond donors (Lipinski definition) is 1. The minimum atomic E-state index is -1.42. The number of fused-ring (bicyclic) bond motifs is 1. The van der Waals surface area contributed by atoms with Crippen molar-refractivity contribution in [1.29, 1.82) is 0 Å². The Bertz CT molecular complexity index is 1460. The van der Waals surface area contributed by atoms with Crippen LogP contribution < -0.4 is 4.90 Å². The molecule has 7 nitrogen and oxygen atoms in total. The maximum atomic E-state index is 13.9. The Hall–Kier alpha value is -3.69. The highest BCUT2D eigenvalue weighted by atomic mass is 19.2. The number of likely N-dealkylation sites (tertiary alicyclic amines) is 1. The second kappa shape index (κ2) is 9.89. The number of halogens is 2. The Balaban J connectivity index is 1.09. The first kappa shape index (κ1) is 24.6. The molecule has 2 aromatic carbocycles. The second-order valence-corrected chi connectivity index (χ2v) is 10.4. The van der Waals surface area contributed by atoms with Crippen molar-refractivity contribution in [2.75, 3.05) is 18.0 Å². The van der Waals surface area contributed by atoms with Gasteiger partial charge >= 0.3 is 0 Å². The van der Waals surface area contributed by atoms with E-state index in [1.807, 2.05) is 36.5 Å². The lowest BCUT2D eigenvalue weighted by Gasteiger charge is -2.31. The molecule has 1 saturated carbocycles. The Kier molecular flexibility index (Phi) is 6.41. The first-order chi connectivity index (χ1) is 18.4. The highest BCUT2D eigenvalue weighted by Gasteiger charge is 2.50. The number of piperidine rings is 1. The molecule has 0 atom stereocenters. The van der Waals surface area contributed by atoms with Crippen molar-refractivity contribution in [2.24, 2.45) is 0 Å². The molecule has 1 aliphatic carbocycles. The summed E-state index contributed by atoms with van der Waals surface area (Å²) in [6.45, 7) is 2.96. The quantitative estimate of drug-likeness (QED) is 0.392. The second-order valence-electron chi connectivity index (χ2n) is 10.4. The lowest BCUT2D eigenvalue weighted by Crippen LogP contribution is -2.40. The van der Waals surface area contributed by atoms with Gasteiger partial charge in [-0.15, -0.1) is 0 Å². The summed E-state index contributed by atoms with van der Waals surface area (Å²) in [4.78, 5) is 16.8. The third-order valence-corrected chi connectivity index (χ3v) is 7.71. The molecule has 4 aromatic rings. The Labute approximate surface area is 219 Å². The summed E-state index contributed by atoms with van der Waals surface area (Å²) in [5.74, 6) is -2.02. The summed E-state index contributed by atoms with van der Waals surface area (Å²) in [5, 5.41) is 19.1. The van der Waals surface area contributed by atoms with Crippen molar-refractivity contribution >= 4 is 17.1 Å². The number of hydrogen-bond acceptors (Lipinski definition) is 5. The minimum absolute atomic E-state index is 0.159. The minimum Gasteiger partial charge on any atom is -0.380 e. The third kappa shape index (κ3) is 4.91. The van der Waals surface area contributed by atoms with E-state index in [-0.39, 0.29) is 12.2 Å². The predicted molar refractivity (Wildman–Crippen MR) is 138 cm³/mol. The van der Waals surface area contributed by atoms with Crippen LogP contribution >= 0.6 is 0 Å². The van der Waals surface area contributed by atoms with Gasteiger partial charge in [0.25, 0.3) is 5.91 Å². The van der Waals surface area contributed by atoms with Gasteiger partial charge in [-0.1, -0.05) is 24.3 Å². The average molecular weight is 518 g/mol. The molecule has 0 radical (unpaired) electrons. The summed E-state index contributed by atoms with van der Waals surface area (Å²) in [6, 6.07) is 15.4. The average Bonchev–Trinajstić information content (AvgIpc) is 3.55. The van der Waals surface area contributed by atoms with Gasteiger partial charge in [0.1, 0.15) is 5.60 Å². The predicted octanol–water partition coefficient (Wildman–Crippen LogP) is 4.45. The molecule has 0 spiro atoms. The van der Waals surface area contributed by atoms with Gasteiger partial charge in [0.15, 0.2) is 11.6 Å². The fourth-order valence-electron chi connectivity index (χ4n) is 5.28. The van der Waals surface area contributed by atoms with Gasteiger partial charge in [-0.2, -0.15) is 14.8 Å². The molecule has 1 amide bonds. The summed E-state index contributed by atoms with van der Waals surface area (Å²) in [6.07, 6.45) is 6.54. The Morgan fingerprint density at radius 3 is 2.45 bits per heavy atom. The molecule has 1 N–H and O–H groups in total. The summed E-state index contributed by atoms with van der Waals surface area (Å²) in [5.41, 5.74) is 3.15. The van der Waals surface area contributed by atoms with Crippen LogP contribution in [0.3, 0.4) is 0 Å². The van der Waals surface area contributed by atoms with E-state index in [4.69, 9.17) is 0 Å². The van der Waals surface area contributed by atoms with E-state index in [1.165, 1.54) is 22.1 Å². The highest BCUT2D eigenvalue weighted by Crippen LogP contribution is 2.39. The van der Waals surface area contributed by atoms with Crippen molar-refractivity contribution < 1.29 is 18.7 Å². The van der Waals surface area contributed by atoms with E-state index >= 15 is 0 Å². The lowest BCUT2D eigenvalue weighted by atomic mass is 9.90. The number of carbonyl (C=O) groups excluding carboxylic acids is 1. The molecule has 2 fully saturated rings. The van der Waals surface area contributed by atoms with Crippen molar-refractivity contribution in [3.05, 3.63) is 95.3 Å². The number of aliphatic hydroxyl groups is 1. The van der Waals surface area contributed by atoms with Crippen LogP contribution in [0.1, 0.15) is 48.3 Å². The van der Waals surface area contributed by atoms with Gasteiger partial charge in [0, 0.05) is 30.1 Å². The van der Waals surface area contributed by atoms with Crippen molar-refractivity contribution in [1.82, 2.24) is 19.7 Å². The maximum absolute atomic E-state index is 13.9. The SMILES string of the molecule is O=C(N(Cc1ccc(CN2CCC(c3cnn4ncccc34)CC2)cc1)c1ccc(F)c(F)c1)C1(O)CC1. The van der Waals surface area contributed by atoms with Crippen LogP contribution in [0, 0.1) is 11.6 Å². The molecule has 1 saturated heterocycles. The van der Waals surface area contributed by atoms with Crippen LogP contribution in [0.2, 0.25) is 0 Å². The van der Waals surface area contributed by atoms with Gasteiger partial charge in [-0.3, -0.25) is 9.69 Å². The van der Waals surface area contributed by atoms with Gasteiger partial charge in [0.2, 0.25) is 0 Å². The van der Waals surface area contributed by atoms with E-state index < -0.39 is 23.1 Å².